The highest BCUT2D eigenvalue weighted by Gasteiger charge is 2.17. The van der Waals surface area contributed by atoms with E-state index in [2.05, 4.69) is 0 Å². The predicted molar refractivity (Wildman–Crippen MR) is 71.4 cm³/mol. The number of ether oxygens (including phenoxy) is 1. The van der Waals surface area contributed by atoms with E-state index in [0.717, 1.165) is 0 Å². The topological polar surface area (TPSA) is 83.9 Å². The zero-order chi connectivity index (χ0) is 15.1. The van der Waals surface area contributed by atoms with E-state index < -0.39 is 11.9 Å². The molecule has 0 saturated carbocycles. The zero-order valence-electron chi connectivity index (χ0n) is 11.5. The third-order valence-corrected chi connectivity index (χ3v) is 2.69. The molecule has 1 aromatic rings. The number of carbonyl (C=O) groups excluding carboxylic acids is 2. The fourth-order valence-electron chi connectivity index (χ4n) is 1.67. The van der Waals surface area contributed by atoms with Gasteiger partial charge in [-0.15, -0.1) is 0 Å². The number of benzene rings is 1. The summed E-state index contributed by atoms with van der Waals surface area (Å²) in [4.78, 5) is 35.5. The minimum absolute atomic E-state index is 0.0711. The van der Waals surface area contributed by atoms with Crippen molar-refractivity contribution >= 4 is 17.8 Å². The molecule has 1 rings (SSSR count). The van der Waals surface area contributed by atoms with E-state index in [0.29, 0.717) is 5.56 Å². The van der Waals surface area contributed by atoms with Crippen LogP contribution in [0, 0.1) is 0 Å². The van der Waals surface area contributed by atoms with Gasteiger partial charge >= 0.3 is 11.9 Å². The van der Waals surface area contributed by atoms with E-state index in [9.17, 15) is 14.4 Å². The molecule has 0 saturated heterocycles. The molecule has 6 heteroatoms. The highest BCUT2D eigenvalue weighted by molar-refractivity contribution is 5.92. The summed E-state index contributed by atoms with van der Waals surface area (Å²) in [5.74, 6) is -1.91. The van der Waals surface area contributed by atoms with Gasteiger partial charge in [0.2, 0.25) is 5.91 Å². The molecule has 0 fully saturated rings. The zero-order valence-corrected chi connectivity index (χ0v) is 11.5. The molecule has 0 radical (unpaired) electrons. The molecule has 20 heavy (non-hydrogen) atoms. The van der Waals surface area contributed by atoms with Crippen LogP contribution in [0.2, 0.25) is 0 Å². The molecule has 0 aliphatic carbocycles. The Morgan fingerprint density at radius 2 is 1.90 bits per heavy atom. The second kappa shape index (κ2) is 7.28. The molecular formula is C14H17NO5. The normalized spacial score (nSPS) is 9.90. The molecule has 0 spiro atoms. The Hall–Kier alpha value is -2.37. The van der Waals surface area contributed by atoms with Gasteiger partial charge in [-0.05, 0) is 18.6 Å². The quantitative estimate of drug-likeness (QED) is 0.784. The number of likely N-dealkylation sites (N-methyl/N-ethyl adjacent to an activating group) is 1. The van der Waals surface area contributed by atoms with E-state index >= 15 is 0 Å². The molecule has 0 aromatic heterocycles. The molecule has 0 aliphatic rings. The van der Waals surface area contributed by atoms with Gasteiger partial charge in [0.15, 0.2) is 0 Å². The predicted octanol–water partition coefficient (Wildman–Crippen LogP) is 0.949. The fraction of sp³-hybridized carbons (Fsp3) is 0.357. The summed E-state index contributed by atoms with van der Waals surface area (Å²) in [6.45, 7) is 1.79. The number of carboxylic acids is 1. The number of amides is 1. The van der Waals surface area contributed by atoms with E-state index in [1.165, 1.54) is 18.0 Å². The lowest BCUT2D eigenvalue weighted by Gasteiger charge is -2.16. The summed E-state index contributed by atoms with van der Waals surface area (Å²) in [6.07, 6.45) is -0.0711. The van der Waals surface area contributed by atoms with Crippen molar-refractivity contribution in [1.29, 1.82) is 0 Å². The van der Waals surface area contributed by atoms with Gasteiger partial charge in [0.25, 0.3) is 0 Å². The largest absolute Gasteiger partial charge is 0.478 e. The van der Waals surface area contributed by atoms with E-state index in [1.54, 1.807) is 25.1 Å². The van der Waals surface area contributed by atoms with Crippen LogP contribution in [0.5, 0.6) is 0 Å². The molecule has 1 amide bonds. The number of hydrogen-bond donors (Lipinski definition) is 1. The highest BCUT2D eigenvalue weighted by atomic mass is 16.5. The molecular weight excluding hydrogens is 262 g/mol. The third kappa shape index (κ3) is 4.38. The summed E-state index contributed by atoms with van der Waals surface area (Å²) in [7, 11) is 1.47. The minimum Gasteiger partial charge on any atom is -0.478 e. The monoisotopic (exact) mass is 279 g/mol. The first kappa shape index (κ1) is 15.7. The lowest BCUT2D eigenvalue weighted by molar-refractivity contribution is -0.147. The van der Waals surface area contributed by atoms with Crippen molar-refractivity contribution in [3.63, 3.8) is 0 Å². The van der Waals surface area contributed by atoms with Crippen LogP contribution in [0.1, 0.15) is 22.8 Å². The van der Waals surface area contributed by atoms with Gasteiger partial charge in [-0.1, -0.05) is 18.2 Å². The summed E-state index contributed by atoms with van der Waals surface area (Å²) in [6, 6.07) is 6.29. The number of nitrogens with zero attached hydrogens (tertiary/aromatic N) is 1. The van der Waals surface area contributed by atoms with Crippen LogP contribution < -0.4 is 0 Å². The Labute approximate surface area is 117 Å². The fourth-order valence-corrected chi connectivity index (χ4v) is 1.67. The smallest absolute Gasteiger partial charge is 0.335 e. The van der Waals surface area contributed by atoms with Crippen molar-refractivity contribution in [1.82, 2.24) is 4.90 Å². The molecule has 108 valence electrons. The van der Waals surface area contributed by atoms with Crippen LogP contribution in [-0.2, 0) is 20.7 Å². The van der Waals surface area contributed by atoms with Crippen molar-refractivity contribution in [2.75, 3.05) is 20.2 Å². The maximum atomic E-state index is 12.0. The first-order chi connectivity index (χ1) is 9.45. The van der Waals surface area contributed by atoms with Crippen LogP contribution in [0.3, 0.4) is 0 Å². The Morgan fingerprint density at radius 1 is 1.25 bits per heavy atom. The van der Waals surface area contributed by atoms with E-state index in [1.807, 2.05) is 0 Å². The van der Waals surface area contributed by atoms with Crippen LogP contribution >= 0.6 is 0 Å². The molecule has 0 bridgehead atoms. The van der Waals surface area contributed by atoms with Crippen LogP contribution in [0.15, 0.2) is 24.3 Å². The summed E-state index contributed by atoms with van der Waals surface area (Å²) >= 11 is 0. The van der Waals surface area contributed by atoms with E-state index in [4.69, 9.17) is 9.84 Å². The van der Waals surface area contributed by atoms with Crippen LogP contribution in [0.4, 0.5) is 0 Å². The van der Waals surface area contributed by atoms with Gasteiger partial charge in [-0.25, -0.2) is 4.79 Å². The Morgan fingerprint density at radius 3 is 2.50 bits per heavy atom. The maximum absolute atomic E-state index is 12.0. The van der Waals surface area contributed by atoms with Crippen molar-refractivity contribution in [3.05, 3.63) is 35.4 Å². The maximum Gasteiger partial charge on any atom is 0.335 e. The first-order valence-electron chi connectivity index (χ1n) is 6.16. The van der Waals surface area contributed by atoms with Gasteiger partial charge in [-0.3, -0.25) is 9.59 Å². The molecule has 0 aliphatic heterocycles. The number of rotatable bonds is 6. The SMILES string of the molecule is CCOC(=O)CN(C)C(=O)Cc1ccccc1C(=O)O. The number of aromatic carboxylic acids is 1. The van der Waals surface area contributed by atoms with E-state index in [-0.39, 0.29) is 31.0 Å². The van der Waals surface area contributed by atoms with Gasteiger partial charge in [0.1, 0.15) is 6.54 Å². The molecule has 0 atom stereocenters. The second-order valence-corrected chi connectivity index (χ2v) is 4.19. The average molecular weight is 279 g/mol. The van der Waals surface area contributed by atoms with Crippen molar-refractivity contribution < 1.29 is 24.2 Å². The van der Waals surface area contributed by atoms with Gasteiger partial charge in [-0.2, -0.15) is 0 Å². The number of carboxylic acid groups (broad SMARTS) is 1. The Balaban J connectivity index is 2.71. The number of carbonyl (C=O) groups is 3. The minimum atomic E-state index is -1.08. The molecule has 0 heterocycles. The Kier molecular flexibility index (Phi) is 5.71. The lowest BCUT2D eigenvalue weighted by atomic mass is 10.0. The third-order valence-electron chi connectivity index (χ3n) is 2.69. The summed E-state index contributed by atoms with van der Waals surface area (Å²) in [5, 5.41) is 9.03. The molecule has 1 aromatic carbocycles. The lowest BCUT2D eigenvalue weighted by Crippen LogP contribution is -2.34. The Bertz CT molecular complexity index is 512. The number of hydrogen-bond acceptors (Lipinski definition) is 4. The first-order valence-corrected chi connectivity index (χ1v) is 6.16. The molecule has 0 unspecified atom stereocenters. The summed E-state index contributed by atoms with van der Waals surface area (Å²) in [5.41, 5.74) is 0.506. The van der Waals surface area contributed by atoms with Crippen LogP contribution in [-0.4, -0.2) is 48.1 Å². The van der Waals surface area contributed by atoms with Crippen molar-refractivity contribution in [2.24, 2.45) is 0 Å². The molecule has 6 nitrogen and oxygen atoms in total. The van der Waals surface area contributed by atoms with Gasteiger partial charge in [0.05, 0.1) is 18.6 Å². The van der Waals surface area contributed by atoms with Crippen molar-refractivity contribution in [2.45, 2.75) is 13.3 Å². The second-order valence-electron chi connectivity index (χ2n) is 4.19. The highest BCUT2D eigenvalue weighted by Crippen LogP contribution is 2.10. The van der Waals surface area contributed by atoms with Gasteiger partial charge < -0.3 is 14.7 Å². The van der Waals surface area contributed by atoms with Gasteiger partial charge in [0, 0.05) is 7.05 Å². The standard InChI is InChI=1S/C14H17NO5/c1-3-20-13(17)9-15(2)12(16)8-10-6-4-5-7-11(10)14(18)19/h4-7H,3,8-9H2,1-2H3,(H,18,19). The van der Waals surface area contributed by atoms with Crippen molar-refractivity contribution in [3.8, 4) is 0 Å². The summed E-state index contributed by atoms with van der Waals surface area (Å²) < 4.78 is 4.75. The molecule has 1 N–H and O–H groups in total. The number of esters is 1. The van der Waals surface area contributed by atoms with Crippen LogP contribution in [0.25, 0.3) is 0 Å². The average Bonchev–Trinajstić information content (AvgIpc) is 2.39.